The summed E-state index contributed by atoms with van der Waals surface area (Å²) in [7, 11) is 0. The molecule has 2 saturated heterocycles. The fourth-order valence-corrected chi connectivity index (χ4v) is 5.32. The van der Waals surface area contributed by atoms with Gasteiger partial charge in [0.15, 0.2) is 11.5 Å². The summed E-state index contributed by atoms with van der Waals surface area (Å²) >= 11 is 0. The fraction of sp³-hybridized carbons (Fsp3) is 0.565. The van der Waals surface area contributed by atoms with Gasteiger partial charge in [-0.1, -0.05) is 0 Å². The highest BCUT2D eigenvalue weighted by Crippen LogP contribution is 2.44. The maximum absolute atomic E-state index is 12.2. The zero-order valence-electron chi connectivity index (χ0n) is 18.0. The molecule has 1 aromatic carbocycles. The van der Waals surface area contributed by atoms with E-state index in [4.69, 9.17) is 14.2 Å². The Balaban J connectivity index is 1.35. The third kappa shape index (κ3) is 3.90. The molecule has 0 aliphatic carbocycles. The molecule has 2 fully saturated rings. The van der Waals surface area contributed by atoms with Crippen molar-refractivity contribution in [2.45, 2.75) is 70.3 Å². The van der Waals surface area contributed by atoms with Gasteiger partial charge in [0.1, 0.15) is 5.75 Å². The molecule has 1 aromatic heterocycles. The van der Waals surface area contributed by atoms with E-state index in [1.165, 1.54) is 10.7 Å². The molecule has 3 aliphatic rings. The molecule has 5 rings (SSSR count). The van der Waals surface area contributed by atoms with Crippen molar-refractivity contribution in [2.24, 2.45) is 0 Å². The largest absolute Gasteiger partial charge is 0.493 e. The number of fused-ring (bicyclic) bond motifs is 3. The molecular formula is C23H29N3O5. The second-order valence-electron chi connectivity index (χ2n) is 8.91. The second-order valence-corrected chi connectivity index (χ2v) is 8.91. The topological polar surface area (TPSA) is 86.1 Å². The molecule has 2 unspecified atom stereocenters. The standard InChI is InChI=1S/C23H29N3O5/c1-3-29-19-9-21-20(30-14-31-21)8-16(19)12-25-17-5-6-18(25)11-23(28,10-17)13-26-22(27)7-4-15(2)24-26/h4,7-9,17-18,28H,3,5-6,10-14H2,1-2H3. The first-order valence-electron chi connectivity index (χ1n) is 11.0. The summed E-state index contributed by atoms with van der Waals surface area (Å²) in [6, 6.07) is 7.66. The van der Waals surface area contributed by atoms with E-state index in [0.717, 1.165) is 47.9 Å². The predicted molar refractivity (Wildman–Crippen MR) is 114 cm³/mol. The van der Waals surface area contributed by atoms with Gasteiger partial charge in [-0.25, -0.2) is 4.68 Å². The van der Waals surface area contributed by atoms with Gasteiger partial charge >= 0.3 is 0 Å². The Kier molecular flexibility index (Phi) is 5.14. The van der Waals surface area contributed by atoms with Crippen LogP contribution in [0.2, 0.25) is 0 Å². The minimum absolute atomic E-state index is 0.171. The van der Waals surface area contributed by atoms with Gasteiger partial charge in [-0.3, -0.25) is 9.69 Å². The van der Waals surface area contributed by atoms with Crippen LogP contribution in [0.1, 0.15) is 43.9 Å². The van der Waals surface area contributed by atoms with Crippen LogP contribution in [0, 0.1) is 6.92 Å². The van der Waals surface area contributed by atoms with Crippen molar-refractivity contribution in [2.75, 3.05) is 13.4 Å². The molecule has 0 amide bonds. The molecule has 2 aromatic rings. The minimum atomic E-state index is -0.926. The van der Waals surface area contributed by atoms with Gasteiger partial charge in [-0.15, -0.1) is 0 Å². The van der Waals surface area contributed by atoms with E-state index in [9.17, 15) is 9.90 Å². The molecule has 8 nitrogen and oxygen atoms in total. The molecule has 8 heteroatoms. The minimum Gasteiger partial charge on any atom is -0.493 e. The van der Waals surface area contributed by atoms with Crippen LogP contribution in [0.3, 0.4) is 0 Å². The summed E-state index contributed by atoms with van der Waals surface area (Å²) in [5.41, 5.74) is 0.750. The molecule has 0 spiro atoms. The summed E-state index contributed by atoms with van der Waals surface area (Å²) in [6.07, 6.45) is 3.33. The molecule has 166 valence electrons. The Morgan fingerprint density at radius 3 is 2.61 bits per heavy atom. The molecule has 31 heavy (non-hydrogen) atoms. The lowest BCUT2D eigenvalue weighted by Crippen LogP contribution is -2.53. The van der Waals surface area contributed by atoms with Crippen molar-refractivity contribution in [3.8, 4) is 17.2 Å². The number of rotatable bonds is 6. The lowest BCUT2D eigenvalue weighted by molar-refractivity contribution is -0.0679. The highest BCUT2D eigenvalue weighted by atomic mass is 16.7. The van der Waals surface area contributed by atoms with Crippen LogP contribution in [0.5, 0.6) is 17.2 Å². The van der Waals surface area contributed by atoms with Crippen LogP contribution in [-0.2, 0) is 13.1 Å². The molecule has 1 N–H and O–H groups in total. The first kappa shape index (κ1) is 20.3. The van der Waals surface area contributed by atoms with Crippen LogP contribution < -0.4 is 19.8 Å². The van der Waals surface area contributed by atoms with Crippen LogP contribution in [0.4, 0.5) is 0 Å². The molecule has 0 saturated carbocycles. The monoisotopic (exact) mass is 427 g/mol. The van der Waals surface area contributed by atoms with Crippen molar-refractivity contribution in [3.63, 3.8) is 0 Å². The lowest BCUT2D eigenvalue weighted by atomic mass is 9.85. The summed E-state index contributed by atoms with van der Waals surface area (Å²) in [6.45, 7) is 5.62. The zero-order valence-corrected chi connectivity index (χ0v) is 18.0. The third-order valence-electron chi connectivity index (χ3n) is 6.65. The molecule has 2 bridgehead atoms. The van der Waals surface area contributed by atoms with Gasteiger partial charge in [0.25, 0.3) is 5.56 Å². The van der Waals surface area contributed by atoms with E-state index in [1.54, 1.807) is 6.07 Å². The highest BCUT2D eigenvalue weighted by molar-refractivity contribution is 5.52. The van der Waals surface area contributed by atoms with Gasteiger partial charge in [0, 0.05) is 36.3 Å². The number of hydrogen-bond donors (Lipinski definition) is 1. The van der Waals surface area contributed by atoms with Gasteiger partial charge in [0.2, 0.25) is 6.79 Å². The van der Waals surface area contributed by atoms with E-state index in [2.05, 4.69) is 10.00 Å². The first-order chi connectivity index (χ1) is 14.9. The summed E-state index contributed by atoms with van der Waals surface area (Å²) in [5.74, 6) is 2.30. The van der Waals surface area contributed by atoms with Gasteiger partial charge < -0.3 is 19.3 Å². The number of aliphatic hydroxyl groups is 1. The first-order valence-corrected chi connectivity index (χ1v) is 11.0. The van der Waals surface area contributed by atoms with Crippen LogP contribution >= 0.6 is 0 Å². The van der Waals surface area contributed by atoms with Crippen LogP contribution in [0.25, 0.3) is 0 Å². The molecular weight excluding hydrogens is 398 g/mol. The fourth-order valence-electron chi connectivity index (χ4n) is 5.32. The molecule has 4 heterocycles. The summed E-state index contributed by atoms with van der Waals surface area (Å²) < 4.78 is 18.4. The Labute approximate surface area is 181 Å². The average molecular weight is 428 g/mol. The Morgan fingerprint density at radius 1 is 1.19 bits per heavy atom. The number of aryl methyl sites for hydroxylation is 1. The van der Waals surface area contributed by atoms with Crippen LogP contribution in [0.15, 0.2) is 29.1 Å². The molecule has 2 atom stereocenters. The van der Waals surface area contributed by atoms with Crippen molar-refractivity contribution in [3.05, 3.63) is 45.9 Å². The van der Waals surface area contributed by atoms with Crippen molar-refractivity contribution >= 4 is 0 Å². The van der Waals surface area contributed by atoms with Crippen molar-refractivity contribution in [1.82, 2.24) is 14.7 Å². The van der Waals surface area contributed by atoms with Crippen molar-refractivity contribution < 1.29 is 19.3 Å². The number of benzene rings is 1. The van der Waals surface area contributed by atoms with E-state index in [0.29, 0.717) is 19.4 Å². The SMILES string of the molecule is CCOc1cc2c(cc1CN1C3CCC1CC(O)(Cn1nc(C)ccc1=O)C3)OCO2. The second kappa shape index (κ2) is 7.84. The van der Waals surface area contributed by atoms with E-state index in [1.807, 2.05) is 26.0 Å². The number of nitrogens with zero attached hydrogens (tertiary/aromatic N) is 3. The smallest absolute Gasteiger partial charge is 0.266 e. The normalized spacial score (nSPS) is 26.9. The summed E-state index contributed by atoms with van der Waals surface area (Å²) in [5, 5.41) is 15.7. The number of ether oxygens (including phenoxy) is 3. The predicted octanol–water partition coefficient (Wildman–Crippen LogP) is 2.24. The van der Waals surface area contributed by atoms with E-state index < -0.39 is 5.60 Å². The Hall–Kier alpha value is -2.58. The number of hydrogen-bond acceptors (Lipinski definition) is 7. The van der Waals surface area contributed by atoms with Gasteiger partial charge in [-0.05, 0) is 51.7 Å². The Morgan fingerprint density at radius 2 is 1.90 bits per heavy atom. The van der Waals surface area contributed by atoms with Crippen molar-refractivity contribution in [1.29, 1.82) is 0 Å². The number of aromatic nitrogens is 2. The average Bonchev–Trinajstić information content (AvgIpc) is 3.27. The van der Waals surface area contributed by atoms with E-state index in [-0.39, 0.29) is 31.0 Å². The maximum atomic E-state index is 12.2. The van der Waals surface area contributed by atoms with Gasteiger partial charge in [0.05, 0.1) is 24.4 Å². The number of piperidine rings is 1. The third-order valence-corrected chi connectivity index (χ3v) is 6.65. The lowest BCUT2D eigenvalue weighted by Gasteiger charge is -2.44. The molecule has 0 radical (unpaired) electrons. The van der Waals surface area contributed by atoms with E-state index >= 15 is 0 Å². The zero-order chi connectivity index (χ0) is 21.6. The maximum Gasteiger partial charge on any atom is 0.266 e. The quantitative estimate of drug-likeness (QED) is 0.757. The summed E-state index contributed by atoms with van der Waals surface area (Å²) in [4.78, 5) is 14.7. The molecule has 3 aliphatic heterocycles. The van der Waals surface area contributed by atoms with Crippen LogP contribution in [-0.4, -0.2) is 50.9 Å². The Bertz CT molecular complexity index is 1020. The highest BCUT2D eigenvalue weighted by Gasteiger charge is 2.48. The van der Waals surface area contributed by atoms with Gasteiger partial charge in [-0.2, -0.15) is 5.10 Å².